The maximum Gasteiger partial charge on any atom is 0.271 e. The minimum absolute atomic E-state index is 0.00679. The molecule has 0 heterocycles. The van der Waals surface area contributed by atoms with Crippen LogP contribution in [-0.2, 0) is 11.3 Å². The number of nitrogens with one attached hydrogen (secondary N) is 1. The number of amides is 1. The number of hydrogen-bond donors (Lipinski definition) is 2. The van der Waals surface area contributed by atoms with E-state index in [1.54, 1.807) is 0 Å². The number of non-ortho nitro benzene ring substituents is 1. The molecule has 8 nitrogen and oxygen atoms in total. The van der Waals surface area contributed by atoms with Gasteiger partial charge in [0.2, 0.25) is 5.91 Å². The van der Waals surface area contributed by atoms with Gasteiger partial charge >= 0.3 is 0 Å². The van der Waals surface area contributed by atoms with E-state index in [9.17, 15) is 20.0 Å². The minimum Gasteiger partial charge on any atom is -0.495 e. The second kappa shape index (κ2) is 10.2. The molecule has 0 aliphatic rings. The van der Waals surface area contributed by atoms with Crippen molar-refractivity contribution < 1.29 is 19.6 Å². The molecule has 8 heteroatoms. The lowest BCUT2D eigenvalue weighted by molar-refractivity contribution is -0.384. The lowest BCUT2D eigenvalue weighted by Gasteiger charge is -2.21. The van der Waals surface area contributed by atoms with E-state index >= 15 is 0 Å². The number of aliphatic hydroxyl groups excluding tert-OH is 1. The summed E-state index contributed by atoms with van der Waals surface area (Å²) in [5.41, 5.74) is 1.22. The maximum absolute atomic E-state index is 12.3. The zero-order valence-electron chi connectivity index (χ0n) is 15.1. The smallest absolute Gasteiger partial charge is 0.271 e. The standard InChI is InChI=1S/C19H23N3O5/c1-27-18-8-7-16(22(25)26)13-17(18)20-19(24)9-10-21(11-12-23)14-15-5-3-2-4-6-15/h2-8,13,23H,9-12,14H2,1H3,(H,20,24). The molecule has 0 bridgehead atoms. The highest BCUT2D eigenvalue weighted by atomic mass is 16.6. The van der Waals surface area contributed by atoms with Crippen LogP contribution in [0.4, 0.5) is 11.4 Å². The van der Waals surface area contributed by atoms with Gasteiger partial charge in [0.05, 0.1) is 24.3 Å². The first-order chi connectivity index (χ1) is 13.0. The highest BCUT2D eigenvalue weighted by Gasteiger charge is 2.15. The Morgan fingerprint density at radius 2 is 1.96 bits per heavy atom. The Kier molecular flexibility index (Phi) is 7.72. The van der Waals surface area contributed by atoms with E-state index in [1.165, 1.54) is 25.3 Å². The van der Waals surface area contributed by atoms with Gasteiger partial charge in [0, 0.05) is 38.2 Å². The highest BCUT2D eigenvalue weighted by molar-refractivity contribution is 5.92. The van der Waals surface area contributed by atoms with Crippen LogP contribution in [0, 0.1) is 10.1 Å². The first kappa shape index (κ1) is 20.3. The summed E-state index contributed by atoms with van der Waals surface area (Å²) in [6, 6.07) is 13.8. The predicted octanol–water partition coefficient (Wildman–Crippen LogP) is 2.43. The molecule has 0 atom stereocenters. The molecule has 1 amide bonds. The summed E-state index contributed by atoms with van der Waals surface area (Å²) >= 11 is 0. The number of benzene rings is 2. The number of carbonyl (C=O) groups excluding carboxylic acids is 1. The molecule has 0 unspecified atom stereocenters. The van der Waals surface area contributed by atoms with Gasteiger partial charge in [0.1, 0.15) is 5.75 Å². The Bertz CT molecular complexity index is 767. The van der Waals surface area contributed by atoms with Crippen LogP contribution in [0.25, 0.3) is 0 Å². The molecule has 0 saturated heterocycles. The largest absolute Gasteiger partial charge is 0.495 e. The van der Waals surface area contributed by atoms with Crippen molar-refractivity contribution in [1.82, 2.24) is 4.90 Å². The topological polar surface area (TPSA) is 105 Å². The number of aliphatic hydroxyl groups is 1. The molecule has 2 rings (SSSR count). The van der Waals surface area contributed by atoms with Crippen LogP contribution >= 0.6 is 0 Å². The predicted molar refractivity (Wildman–Crippen MR) is 102 cm³/mol. The molecule has 0 fully saturated rings. The van der Waals surface area contributed by atoms with E-state index in [1.807, 2.05) is 35.2 Å². The first-order valence-corrected chi connectivity index (χ1v) is 8.53. The van der Waals surface area contributed by atoms with Gasteiger partial charge in [-0.1, -0.05) is 30.3 Å². The summed E-state index contributed by atoms with van der Waals surface area (Å²) in [7, 11) is 1.43. The monoisotopic (exact) mass is 373 g/mol. The summed E-state index contributed by atoms with van der Waals surface area (Å²) < 4.78 is 5.14. The van der Waals surface area contributed by atoms with Gasteiger partial charge in [-0.05, 0) is 11.6 Å². The third-order valence-corrected chi connectivity index (χ3v) is 3.99. The molecule has 0 saturated carbocycles. The minimum atomic E-state index is -0.530. The van der Waals surface area contributed by atoms with Gasteiger partial charge in [0.25, 0.3) is 5.69 Å². The molecular weight excluding hydrogens is 350 g/mol. The Labute approximate surface area is 157 Å². The Morgan fingerprint density at radius 1 is 1.22 bits per heavy atom. The van der Waals surface area contributed by atoms with E-state index < -0.39 is 4.92 Å². The van der Waals surface area contributed by atoms with Crippen LogP contribution in [0.15, 0.2) is 48.5 Å². The average Bonchev–Trinajstić information content (AvgIpc) is 2.67. The van der Waals surface area contributed by atoms with Crippen LogP contribution < -0.4 is 10.1 Å². The van der Waals surface area contributed by atoms with E-state index in [0.29, 0.717) is 25.4 Å². The lowest BCUT2D eigenvalue weighted by Crippen LogP contribution is -2.30. The van der Waals surface area contributed by atoms with Crippen molar-refractivity contribution in [3.05, 3.63) is 64.2 Å². The summed E-state index contributed by atoms with van der Waals surface area (Å²) in [6.07, 6.45) is 0.179. The number of anilines is 1. The molecule has 27 heavy (non-hydrogen) atoms. The number of carbonyl (C=O) groups is 1. The van der Waals surface area contributed by atoms with Crippen molar-refractivity contribution in [3.63, 3.8) is 0 Å². The number of hydrogen-bond acceptors (Lipinski definition) is 6. The number of nitro benzene ring substituents is 1. The number of rotatable bonds is 10. The van der Waals surface area contributed by atoms with Gasteiger partial charge in [-0.25, -0.2) is 0 Å². The van der Waals surface area contributed by atoms with Crippen LogP contribution in [-0.4, -0.2) is 47.6 Å². The van der Waals surface area contributed by atoms with Crippen molar-refractivity contribution in [1.29, 1.82) is 0 Å². The lowest BCUT2D eigenvalue weighted by atomic mass is 10.2. The molecule has 2 aromatic rings. The number of nitro groups is 1. The summed E-state index contributed by atoms with van der Waals surface area (Å²) in [6.45, 7) is 1.50. The van der Waals surface area contributed by atoms with E-state index in [2.05, 4.69) is 5.32 Å². The fraction of sp³-hybridized carbons (Fsp3) is 0.316. The van der Waals surface area contributed by atoms with Crippen LogP contribution in [0.2, 0.25) is 0 Å². The summed E-state index contributed by atoms with van der Waals surface area (Å²) in [4.78, 5) is 24.7. The molecular formula is C19H23N3O5. The third kappa shape index (κ3) is 6.36. The molecule has 0 aliphatic heterocycles. The van der Waals surface area contributed by atoms with Crippen molar-refractivity contribution >= 4 is 17.3 Å². The quantitative estimate of drug-likeness (QED) is 0.489. The molecule has 144 valence electrons. The number of ether oxygens (including phenoxy) is 1. The molecule has 2 N–H and O–H groups in total. The van der Waals surface area contributed by atoms with E-state index in [0.717, 1.165) is 5.56 Å². The molecule has 0 aromatic heterocycles. The molecule has 0 aliphatic carbocycles. The average molecular weight is 373 g/mol. The molecule has 2 aromatic carbocycles. The molecule has 0 spiro atoms. The normalized spacial score (nSPS) is 10.6. The third-order valence-electron chi connectivity index (χ3n) is 3.99. The fourth-order valence-corrected chi connectivity index (χ4v) is 2.63. The van der Waals surface area contributed by atoms with Crippen molar-refractivity contribution in [3.8, 4) is 5.75 Å². The number of nitrogens with zero attached hydrogens (tertiary/aromatic N) is 2. The van der Waals surface area contributed by atoms with Crippen LogP contribution in [0.5, 0.6) is 5.75 Å². The van der Waals surface area contributed by atoms with Crippen LogP contribution in [0.1, 0.15) is 12.0 Å². The van der Waals surface area contributed by atoms with Gasteiger partial charge < -0.3 is 15.2 Å². The maximum atomic E-state index is 12.3. The zero-order chi connectivity index (χ0) is 19.6. The van der Waals surface area contributed by atoms with Gasteiger partial charge in [-0.15, -0.1) is 0 Å². The van der Waals surface area contributed by atoms with Gasteiger partial charge in [-0.2, -0.15) is 0 Å². The van der Waals surface area contributed by atoms with Crippen molar-refractivity contribution in [2.45, 2.75) is 13.0 Å². The number of methoxy groups -OCH3 is 1. The Morgan fingerprint density at radius 3 is 2.59 bits per heavy atom. The van der Waals surface area contributed by atoms with Crippen LogP contribution in [0.3, 0.4) is 0 Å². The first-order valence-electron chi connectivity index (χ1n) is 8.53. The van der Waals surface area contributed by atoms with Gasteiger partial charge in [0.15, 0.2) is 0 Å². The Hall–Kier alpha value is -2.97. The highest BCUT2D eigenvalue weighted by Crippen LogP contribution is 2.28. The zero-order valence-corrected chi connectivity index (χ0v) is 15.1. The SMILES string of the molecule is COc1ccc([N+](=O)[O-])cc1NC(=O)CCN(CCO)Cc1ccccc1. The second-order valence-corrected chi connectivity index (χ2v) is 5.93. The fourth-order valence-electron chi connectivity index (χ4n) is 2.63. The summed E-state index contributed by atoms with van der Waals surface area (Å²) in [5.74, 6) is 0.0650. The van der Waals surface area contributed by atoms with E-state index in [4.69, 9.17) is 4.74 Å². The van der Waals surface area contributed by atoms with Crippen molar-refractivity contribution in [2.24, 2.45) is 0 Å². The van der Waals surface area contributed by atoms with Gasteiger partial charge in [-0.3, -0.25) is 19.8 Å². The Balaban J connectivity index is 1.97. The van der Waals surface area contributed by atoms with Crippen molar-refractivity contribution in [2.75, 3.05) is 32.1 Å². The van der Waals surface area contributed by atoms with E-state index in [-0.39, 0.29) is 30.3 Å². The second-order valence-electron chi connectivity index (χ2n) is 5.93. The summed E-state index contributed by atoms with van der Waals surface area (Å²) in [5, 5.41) is 22.8. The molecule has 0 radical (unpaired) electrons.